The lowest BCUT2D eigenvalue weighted by Crippen LogP contribution is -2.69. The number of nitrogens with one attached hydrogen (secondary N) is 1. The Balaban J connectivity index is 1.93. The number of carbonyl (C=O) groups excluding carboxylic acids is 3. The molecule has 28 heavy (non-hydrogen) atoms. The summed E-state index contributed by atoms with van der Waals surface area (Å²) in [7, 11) is 0. The number of nitrogens with zero attached hydrogens (tertiary/aromatic N) is 2. The van der Waals surface area contributed by atoms with Crippen LogP contribution in [-0.2, 0) is 23.9 Å². The first-order chi connectivity index (χ1) is 13.4. The maximum atomic E-state index is 12.4. The van der Waals surface area contributed by atoms with E-state index in [1.807, 2.05) is 0 Å². The third-order valence-corrected chi connectivity index (χ3v) is 5.06. The first-order valence-electron chi connectivity index (χ1n) is 7.86. The van der Waals surface area contributed by atoms with Gasteiger partial charge in [0.15, 0.2) is 12.3 Å². The quantitative estimate of drug-likeness (QED) is 0.0951. The molecule has 1 aromatic carbocycles. The van der Waals surface area contributed by atoms with Gasteiger partial charge in [-0.2, -0.15) is 0 Å². The average molecular weight is 430 g/mol. The summed E-state index contributed by atoms with van der Waals surface area (Å²) in [6.07, 6.45) is 0. The molecule has 1 aliphatic rings. The van der Waals surface area contributed by atoms with E-state index in [0.717, 1.165) is 11.9 Å². The monoisotopic (exact) mass is 429 g/mol. The Morgan fingerprint density at radius 3 is 2.54 bits per heavy atom. The number of carboxylic acids is 1. The van der Waals surface area contributed by atoms with E-state index in [2.05, 4.69) is 15.2 Å². The Hall–Kier alpha value is -2.79. The summed E-state index contributed by atoms with van der Waals surface area (Å²) in [6, 6.07) is 6.63. The van der Waals surface area contributed by atoms with Crippen LogP contribution in [-0.4, -0.2) is 74.4 Å². The number of oxime groups is 1. The minimum Gasteiger partial charge on any atom is -0.479 e. The lowest BCUT2D eigenvalue weighted by molar-refractivity contribution is -0.153. The highest BCUT2D eigenvalue weighted by atomic mass is 35.5. The summed E-state index contributed by atoms with van der Waals surface area (Å²) >= 11 is 6.66. The van der Waals surface area contributed by atoms with Crippen LogP contribution >= 0.6 is 23.5 Å². The molecule has 2 amide bonds. The fourth-order valence-corrected chi connectivity index (χ4v) is 3.69. The maximum Gasteiger partial charge on any atom is 0.341 e. The largest absolute Gasteiger partial charge is 0.479 e. The minimum absolute atomic E-state index is 0.0230. The van der Waals surface area contributed by atoms with Crippen molar-refractivity contribution in [2.75, 3.05) is 18.2 Å². The highest BCUT2D eigenvalue weighted by molar-refractivity contribution is 7.98. The molecule has 0 unspecified atom stereocenters. The fraction of sp³-hybridized carbons (Fsp3) is 0.312. The Bertz CT molecular complexity index is 790. The summed E-state index contributed by atoms with van der Waals surface area (Å²) < 4.78 is 5.68. The topological polar surface area (TPSA) is 146 Å². The zero-order valence-electron chi connectivity index (χ0n) is 14.3. The van der Waals surface area contributed by atoms with Crippen molar-refractivity contribution in [3.05, 3.63) is 35.9 Å². The zero-order valence-corrected chi connectivity index (χ0v) is 15.9. The van der Waals surface area contributed by atoms with Gasteiger partial charge in [0.05, 0.1) is 6.04 Å². The molecule has 1 aromatic rings. The van der Waals surface area contributed by atoms with Gasteiger partial charge in [0.2, 0.25) is 0 Å². The van der Waals surface area contributed by atoms with Crippen LogP contribution in [0.15, 0.2) is 35.5 Å². The van der Waals surface area contributed by atoms with Crippen molar-refractivity contribution in [1.82, 2.24) is 9.62 Å². The normalized spacial score (nSPS) is 19.0. The van der Waals surface area contributed by atoms with Crippen molar-refractivity contribution in [1.29, 1.82) is 0 Å². The van der Waals surface area contributed by atoms with E-state index < -0.39 is 42.4 Å². The Morgan fingerprint density at radius 1 is 1.29 bits per heavy atom. The van der Waals surface area contributed by atoms with E-state index in [1.54, 1.807) is 30.3 Å². The highest BCUT2D eigenvalue weighted by Gasteiger charge is 2.48. The van der Waals surface area contributed by atoms with Gasteiger partial charge in [-0.1, -0.05) is 35.5 Å². The Morgan fingerprint density at radius 2 is 1.96 bits per heavy atom. The lowest BCUT2D eigenvalue weighted by atomic mass is 10.00. The van der Waals surface area contributed by atoms with Gasteiger partial charge in [-0.25, -0.2) is 4.79 Å². The van der Waals surface area contributed by atoms with Crippen LogP contribution in [0, 0.1) is 0 Å². The fourth-order valence-electron chi connectivity index (χ4n) is 2.33. The number of hydrogen-bond donors (Lipinski definition) is 3. The van der Waals surface area contributed by atoms with Crippen LogP contribution in [0.4, 0.5) is 0 Å². The Kier molecular flexibility index (Phi) is 7.64. The van der Waals surface area contributed by atoms with Gasteiger partial charge in [-0.15, -0.1) is 11.6 Å². The summed E-state index contributed by atoms with van der Waals surface area (Å²) in [5.74, 6) is -3.67. The van der Waals surface area contributed by atoms with Crippen molar-refractivity contribution in [2.24, 2.45) is 5.16 Å². The second-order valence-electron chi connectivity index (χ2n) is 5.48. The third-order valence-electron chi connectivity index (χ3n) is 3.65. The molecular formula is C16H16ClN3O7S. The number of esters is 1. The van der Waals surface area contributed by atoms with Crippen LogP contribution in [0.1, 0.15) is 5.56 Å². The van der Waals surface area contributed by atoms with E-state index in [-0.39, 0.29) is 17.3 Å². The number of benzene rings is 1. The van der Waals surface area contributed by atoms with Crippen LogP contribution in [0.25, 0.3) is 0 Å². The summed E-state index contributed by atoms with van der Waals surface area (Å²) in [6.45, 7) is -0.770. The number of halogens is 1. The number of hydrogen-bond acceptors (Lipinski definition) is 8. The maximum absolute atomic E-state index is 12.4. The van der Waals surface area contributed by atoms with E-state index >= 15 is 0 Å². The van der Waals surface area contributed by atoms with Crippen LogP contribution in [0.3, 0.4) is 0 Å². The molecule has 1 aliphatic heterocycles. The number of carbonyl (C=O) groups is 4. The van der Waals surface area contributed by atoms with Crippen molar-refractivity contribution >= 4 is 53.0 Å². The van der Waals surface area contributed by atoms with Crippen molar-refractivity contribution in [3.63, 3.8) is 0 Å². The second kappa shape index (κ2) is 9.95. The van der Waals surface area contributed by atoms with E-state index in [1.165, 1.54) is 4.31 Å². The van der Waals surface area contributed by atoms with Crippen LogP contribution in [0.2, 0.25) is 0 Å². The predicted molar refractivity (Wildman–Crippen MR) is 99.1 cm³/mol. The predicted octanol–water partition coefficient (Wildman–Crippen LogP) is 0.0753. The number of β-lactam (4-membered cyclic amide) rings is 1. The molecule has 1 heterocycles. The van der Waals surface area contributed by atoms with Crippen molar-refractivity contribution in [3.8, 4) is 0 Å². The number of amides is 2. The van der Waals surface area contributed by atoms with E-state index in [9.17, 15) is 19.2 Å². The number of carboxylic acid groups (broad SMARTS) is 1. The van der Waals surface area contributed by atoms with Gasteiger partial charge in [0.25, 0.3) is 11.8 Å². The third kappa shape index (κ3) is 5.14. The molecule has 0 aliphatic carbocycles. The molecule has 0 radical (unpaired) electrons. The zero-order chi connectivity index (χ0) is 20.7. The lowest BCUT2D eigenvalue weighted by Gasteiger charge is -2.44. The first-order valence-corrected chi connectivity index (χ1v) is 9.34. The van der Waals surface area contributed by atoms with Gasteiger partial charge < -0.3 is 20.4 Å². The summed E-state index contributed by atoms with van der Waals surface area (Å²) in [5.41, 5.74) is 0.106. The molecule has 12 heteroatoms. The minimum atomic E-state index is -1.29. The molecule has 2 atom stereocenters. The number of ether oxygens (including phenoxy) is 1. The number of aliphatic carboxylic acids is 1. The van der Waals surface area contributed by atoms with E-state index in [0.29, 0.717) is 5.56 Å². The molecule has 0 saturated carbocycles. The molecule has 2 rings (SSSR count). The van der Waals surface area contributed by atoms with Crippen LogP contribution < -0.4 is 5.32 Å². The molecular weight excluding hydrogens is 414 g/mol. The van der Waals surface area contributed by atoms with Gasteiger partial charge in [0.1, 0.15) is 11.8 Å². The molecule has 0 spiro atoms. The van der Waals surface area contributed by atoms with Crippen LogP contribution in [0.5, 0.6) is 0 Å². The molecule has 1 fully saturated rings. The summed E-state index contributed by atoms with van der Waals surface area (Å²) in [4.78, 5) is 46.4. The van der Waals surface area contributed by atoms with Gasteiger partial charge in [-0.05, 0) is 11.9 Å². The molecule has 0 aromatic heterocycles. The molecule has 1 saturated heterocycles. The average Bonchev–Trinajstić information content (AvgIpc) is 2.69. The van der Waals surface area contributed by atoms with E-state index in [4.69, 9.17) is 21.9 Å². The van der Waals surface area contributed by atoms with Gasteiger partial charge in [0, 0.05) is 11.4 Å². The molecule has 3 N–H and O–H groups in total. The van der Waals surface area contributed by atoms with Gasteiger partial charge in [-0.3, -0.25) is 18.7 Å². The molecule has 0 bridgehead atoms. The van der Waals surface area contributed by atoms with Crippen molar-refractivity contribution < 1.29 is 34.2 Å². The molecule has 150 valence electrons. The summed E-state index contributed by atoms with van der Waals surface area (Å²) in [5, 5.41) is 23.0. The standard InChI is InChI=1S/C16H16ClN3O7S/c17-6-10-14(16(25)20(10)28-8-12(23)27-7-11(21)22)18-15(24)13(19-26)9-4-2-1-3-5-9/h1-5,10,14,26H,6-8H2,(H,18,24)(H,21,22)/b19-13+/t10-,14+/m1/s1. The molecule has 10 nitrogen and oxygen atoms in total. The highest BCUT2D eigenvalue weighted by Crippen LogP contribution is 2.29. The Labute approximate surface area is 168 Å². The smallest absolute Gasteiger partial charge is 0.341 e. The number of rotatable bonds is 9. The van der Waals surface area contributed by atoms with Gasteiger partial charge >= 0.3 is 11.9 Å². The SMILES string of the molecule is O=C(O)COC(=O)CSN1C(=O)[C@@H](NC(=O)/C(=N/O)c2ccccc2)[C@H]1CCl. The first kappa shape index (κ1) is 21.5. The second-order valence-corrected chi connectivity index (χ2v) is 6.73. The van der Waals surface area contributed by atoms with Crippen molar-refractivity contribution in [2.45, 2.75) is 12.1 Å². The number of alkyl halides is 1.